The highest BCUT2D eigenvalue weighted by atomic mass is 35.5. The van der Waals surface area contributed by atoms with Crippen molar-refractivity contribution in [3.8, 4) is 33.8 Å². The summed E-state index contributed by atoms with van der Waals surface area (Å²) in [5.41, 5.74) is 9.69. The minimum atomic E-state index is -0.559. The van der Waals surface area contributed by atoms with Crippen molar-refractivity contribution in [3.05, 3.63) is 99.4 Å². The third-order valence-electron chi connectivity index (χ3n) is 5.51. The van der Waals surface area contributed by atoms with Crippen molar-refractivity contribution >= 4 is 40.1 Å². The number of nitrogen functional groups attached to an aromatic ring is 1. The molecule has 0 spiro atoms. The zero-order valence-corrected chi connectivity index (χ0v) is 19.5. The number of fused-ring (bicyclic) bond motifs is 1. The molecule has 0 radical (unpaired) electrons. The SMILES string of the molecule is COc1ccc(-c2cc(-c3ccccc3Cl)nc3nc(=O)n(-c4cccc(Cl)c4)c(N)c23)cc1. The lowest BCUT2D eigenvalue weighted by Gasteiger charge is -2.16. The predicted molar refractivity (Wildman–Crippen MR) is 137 cm³/mol. The summed E-state index contributed by atoms with van der Waals surface area (Å²) in [7, 11) is 1.61. The smallest absolute Gasteiger partial charge is 0.355 e. The third-order valence-corrected chi connectivity index (χ3v) is 6.07. The molecule has 0 atom stereocenters. The molecule has 2 N–H and O–H groups in total. The highest BCUT2D eigenvalue weighted by Crippen LogP contribution is 2.37. The van der Waals surface area contributed by atoms with E-state index < -0.39 is 5.69 Å². The lowest BCUT2D eigenvalue weighted by atomic mass is 9.99. The number of aromatic nitrogens is 3. The normalized spacial score (nSPS) is 11.0. The van der Waals surface area contributed by atoms with Crippen LogP contribution < -0.4 is 16.2 Å². The summed E-state index contributed by atoms with van der Waals surface area (Å²) in [5.74, 6) is 0.927. The molecule has 2 heterocycles. The Morgan fingerprint density at radius 2 is 1.65 bits per heavy atom. The number of pyridine rings is 1. The molecule has 0 aliphatic heterocycles. The van der Waals surface area contributed by atoms with Crippen molar-refractivity contribution in [1.82, 2.24) is 14.5 Å². The van der Waals surface area contributed by atoms with Crippen LogP contribution in [0.3, 0.4) is 0 Å². The number of ether oxygens (including phenoxy) is 1. The van der Waals surface area contributed by atoms with E-state index in [0.717, 1.165) is 22.4 Å². The number of anilines is 1. The highest BCUT2D eigenvalue weighted by Gasteiger charge is 2.19. The number of methoxy groups -OCH3 is 1. The number of nitrogens with two attached hydrogens (primary N) is 1. The van der Waals surface area contributed by atoms with Crippen LogP contribution in [0.2, 0.25) is 10.0 Å². The first-order valence-electron chi connectivity index (χ1n) is 10.3. The van der Waals surface area contributed by atoms with E-state index in [1.165, 1.54) is 4.57 Å². The van der Waals surface area contributed by atoms with Gasteiger partial charge in [0.25, 0.3) is 0 Å². The number of benzene rings is 3. The third kappa shape index (κ3) is 3.87. The number of rotatable bonds is 4. The molecule has 3 aromatic carbocycles. The molecule has 0 fully saturated rings. The summed E-state index contributed by atoms with van der Waals surface area (Å²) in [6, 6.07) is 23.7. The Morgan fingerprint density at radius 1 is 0.882 bits per heavy atom. The summed E-state index contributed by atoms with van der Waals surface area (Å²) >= 11 is 12.6. The van der Waals surface area contributed by atoms with Crippen LogP contribution in [0.15, 0.2) is 83.7 Å². The fraction of sp³-hybridized carbons (Fsp3) is 0.0385. The Hall–Kier alpha value is -3.87. The van der Waals surface area contributed by atoms with Gasteiger partial charge in [0.2, 0.25) is 0 Å². The topological polar surface area (TPSA) is 83.0 Å². The Labute approximate surface area is 205 Å². The molecule has 34 heavy (non-hydrogen) atoms. The zero-order chi connectivity index (χ0) is 23.8. The van der Waals surface area contributed by atoms with Crippen LogP contribution in [0.5, 0.6) is 5.75 Å². The van der Waals surface area contributed by atoms with Gasteiger partial charge in [0.15, 0.2) is 5.65 Å². The van der Waals surface area contributed by atoms with E-state index in [0.29, 0.717) is 26.8 Å². The van der Waals surface area contributed by atoms with Crippen molar-refractivity contribution in [1.29, 1.82) is 0 Å². The molecule has 0 bridgehead atoms. The van der Waals surface area contributed by atoms with Crippen LogP contribution in [0.25, 0.3) is 39.1 Å². The maximum absolute atomic E-state index is 13.1. The summed E-state index contributed by atoms with van der Waals surface area (Å²) in [6.45, 7) is 0. The molecular formula is C26H18Cl2N4O2. The van der Waals surface area contributed by atoms with Gasteiger partial charge in [0.05, 0.1) is 23.9 Å². The van der Waals surface area contributed by atoms with E-state index >= 15 is 0 Å². The molecule has 0 aliphatic carbocycles. The van der Waals surface area contributed by atoms with Crippen LogP contribution >= 0.6 is 23.2 Å². The van der Waals surface area contributed by atoms with Gasteiger partial charge in [0.1, 0.15) is 11.6 Å². The summed E-state index contributed by atoms with van der Waals surface area (Å²) in [4.78, 5) is 22.0. The Balaban J connectivity index is 1.86. The molecule has 2 aromatic heterocycles. The number of hydrogen-bond acceptors (Lipinski definition) is 5. The molecule has 6 nitrogen and oxygen atoms in total. The van der Waals surface area contributed by atoms with Crippen molar-refractivity contribution in [2.24, 2.45) is 0 Å². The van der Waals surface area contributed by atoms with Gasteiger partial charge in [-0.2, -0.15) is 4.98 Å². The lowest BCUT2D eigenvalue weighted by Crippen LogP contribution is -2.25. The second kappa shape index (κ2) is 8.82. The average Bonchev–Trinajstić information content (AvgIpc) is 2.83. The first-order valence-corrected chi connectivity index (χ1v) is 11.1. The maximum atomic E-state index is 13.1. The van der Waals surface area contributed by atoms with Crippen LogP contribution in [0.1, 0.15) is 0 Å². The van der Waals surface area contributed by atoms with E-state index in [1.807, 2.05) is 48.5 Å². The molecule has 5 rings (SSSR count). The molecule has 5 aromatic rings. The number of halogens is 2. The van der Waals surface area contributed by atoms with Gasteiger partial charge >= 0.3 is 5.69 Å². The van der Waals surface area contributed by atoms with Gasteiger partial charge in [0, 0.05) is 15.6 Å². The van der Waals surface area contributed by atoms with Gasteiger partial charge in [-0.25, -0.2) is 14.3 Å². The van der Waals surface area contributed by atoms with Crippen LogP contribution in [0.4, 0.5) is 5.82 Å². The summed E-state index contributed by atoms with van der Waals surface area (Å²) < 4.78 is 6.64. The van der Waals surface area contributed by atoms with Crippen LogP contribution in [0, 0.1) is 0 Å². The second-order valence-corrected chi connectivity index (χ2v) is 8.40. The molecule has 0 aliphatic rings. The molecule has 0 saturated heterocycles. The van der Waals surface area contributed by atoms with Gasteiger partial charge in [-0.1, -0.05) is 59.6 Å². The molecule has 0 amide bonds. The second-order valence-electron chi connectivity index (χ2n) is 7.56. The molecule has 168 valence electrons. The minimum absolute atomic E-state index is 0.210. The van der Waals surface area contributed by atoms with Gasteiger partial charge < -0.3 is 10.5 Å². The van der Waals surface area contributed by atoms with Crippen molar-refractivity contribution in [2.75, 3.05) is 12.8 Å². The monoisotopic (exact) mass is 488 g/mol. The lowest BCUT2D eigenvalue weighted by molar-refractivity contribution is 0.415. The van der Waals surface area contributed by atoms with Gasteiger partial charge in [-0.05, 0) is 53.6 Å². The zero-order valence-electron chi connectivity index (χ0n) is 18.0. The van der Waals surface area contributed by atoms with Crippen molar-refractivity contribution in [2.45, 2.75) is 0 Å². The van der Waals surface area contributed by atoms with Crippen molar-refractivity contribution in [3.63, 3.8) is 0 Å². The van der Waals surface area contributed by atoms with Crippen LogP contribution in [-0.4, -0.2) is 21.6 Å². The Kier molecular flexibility index (Phi) is 5.69. The highest BCUT2D eigenvalue weighted by molar-refractivity contribution is 6.33. The molecule has 8 heteroatoms. The van der Waals surface area contributed by atoms with E-state index in [2.05, 4.69) is 9.97 Å². The molecule has 0 unspecified atom stereocenters. The summed E-state index contributed by atoms with van der Waals surface area (Å²) in [6.07, 6.45) is 0. The average molecular weight is 489 g/mol. The Bertz CT molecular complexity index is 1600. The molecular weight excluding hydrogens is 471 g/mol. The van der Waals surface area contributed by atoms with E-state index in [4.69, 9.17) is 33.7 Å². The van der Waals surface area contributed by atoms with Gasteiger partial charge in [-0.15, -0.1) is 0 Å². The van der Waals surface area contributed by atoms with Crippen LogP contribution in [-0.2, 0) is 0 Å². The van der Waals surface area contributed by atoms with Crippen molar-refractivity contribution < 1.29 is 4.74 Å². The van der Waals surface area contributed by atoms with E-state index in [1.54, 1.807) is 37.4 Å². The number of nitrogens with zero attached hydrogens (tertiary/aromatic N) is 3. The fourth-order valence-corrected chi connectivity index (χ4v) is 4.31. The van der Waals surface area contributed by atoms with Gasteiger partial charge in [-0.3, -0.25) is 0 Å². The quantitative estimate of drug-likeness (QED) is 0.334. The summed E-state index contributed by atoms with van der Waals surface area (Å²) in [5, 5.41) is 1.56. The fourth-order valence-electron chi connectivity index (χ4n) is 3.89. The largest absolute Gasteiger partial charge is 0.497 e. The number of hydrogen-bond donors (Lipinski definition) is 1. The maximum Gasteiger partial charge on any atom is 0.355 e. The predicted octanol–water partition coefficient (Wildman–Crippen LogP) is 6.01. The standard InChI is InChI=1S/C26H18Cl2N4O2/c1-34-18-11-9-15(10-12-18)20-14-22(19-7-2-3-8-21(19)28)30-25-23(20)24(29)32(26(33)31-25)17-6-4-5-16(27)13-17/h2-14H,29H2,1H3. The Morgan fingerprint density at radius 3 is 2.35 bits per heavy atom. The van der Waals surface area contributed by atoms with E-state index in [-0.39, 0.29) is 11.5 Å². The van der Waals surface area contributed by atoms with E-state index in [9.17, 15) is 4.79 Å². The first-order chi connectivity index (χ1) is 16.5. The first kappa shape index (κ1) is 21.9. The minimum Gasteiger partial charge on any atom is -0.497 e. The molecule has 0 saturated carbocycles.